The number of anilines is 1. The molecule has 0 spiro atoms. The molecule has 0 fully saturated rings. The summed E-state index contributed by atoms with van der Waals surface area (Å²) in [5, 5.41) is 8.28. The number of rotatable bonds is 9. The zero-order chi connectivity index (χ0) is 24.8. The van der Waals surface area contributed by atoms with E-state index in [4.69, 9.17) is 0 Å². The van der Waals surface area contributed by atoms with Crippen LogP contribution in [0.4, 0.5) is 5.69 Å². The van der Waals surface area contributed by atoms with Crippen molar-refractivity contribution in [1.29, 1.82) is 0 Å². The van der Waals surface area contributed by atoms with E-state index < -0.39 is 0 Å². The predicted molar refractivity (Wildman–Crippen MR) is 140 cm³/mol. The maximum atomic E-state index is 13.2. The van der Waals surface area contributed by atoms with Crippen LogP contribution < -0.4 is 16.2 Å². The Bertz CT molecular complexity index is 1390. The average Bonchev–Trinajstić information content (AvgIpc) is 3.29. The lowest BCUT2D eigenvalue weighted by atomic mass is 10.1. The molecular weight excluding hydrogens is 460 g/mol. The van der Waals surface area contributed by atoms with Gasteiger partial charge in [0.05, 0.1) is 11.7 Å². The van der Waals surface area contributed by atoms with Crippen LogP contribution in [-0.2, 0) is 22.7 Å². The Morgan fingerprint density at radius 1 is 1.00 bits per heavy atom. The number of benzene rings is 2. The molecule has 0 aliphatic rings. The van der Waals surface area contributed by atoms with Gasteiger partial charge < -0.3 is 10.6 Å². The van der Waals surface area contributed by atoms with Gasteiger partial charge in [0.15, 0.2) is 0 Å². The molecule has 0 saturated heterocycles. The highest BCUT2D eigenvalue weighted by molar-refractivity contribution is 7.17. The third-order valence-corrected chi connectivity index (χ3v) is 6.59. The summed E-state index contributed by atoms with van der Waals surface area (Å²) in [4.78, 5) is 42.4. The number of carbonyl (C=O) groups is 2. The standard InChI is InChI=1S/C27H28N4O3S/c1-3-4-24(33)30-21-11-7-19(8-12-21)15-28-23(32)13-14-31-17-29-26-25(27(31)34)22(16-35-26)20-9-5-18(2)6-10-20/h5-12,16-17H,3-4,13-15H2,1-2H3,(H,28,32)(H,30,33). The van der Waals surface area contributed by atoms with Crippen molar-refractivity contribution in [2.24, 2.45) is 0 Å². The van der Waals surface area contributed by atoms with E-state index in [0.29, 0.717) is 23.2 Å². The van der Waals surface area contributed by atoms with Crippen molar-refractivity contribution in [2.45, 2.75) is 46.2 Å². The number of hydrogen-bond donors (Lipinski definition) is 2. The minimum absolute atomic E-state index is 0.00934. The number of aromatic nitrogens is 2. The van der Waals surface area contributed by atoms with Gasteiger partial charge in [-0.3, -0.25) is 19.0 Å². The fourth-order valence-electron chi connectivity index (χ4n) is 3.74. The first-order chi connectivity index (χ1) is 16.9. The molecule has 0 unspecified atom stereocenters. The number of nitrogens with one attached hydrogen (secondary N) is 2. The molecule has 2 N–H and O–H groups in total. The average molecular weight is 489 g/mol. The number of amides is 2. The molecule has 0 aliphatic carbocycles. The monoisotopic (exact) mass is 488 g/mol. The SMILES string of the molecule is CCCC(=O)Nc1ccc(CNC(=O)CCn2cnc3scc(-c4ccc(C)cc4)c3c2=O)cc1. The van der Waals surface area contributed by atoms with Gasteiger partial charge in [0.25, 0.3) is 5.56 Å². The molecular formula is C27H28N4O3S. The first kappa shape index (κ1) is 24.3. The second-order valence-corrected chi connectivity index (χ2v) is 9.32. The van der Waals surface area contributed by atoms with Gasteiger partial charge in [-0.1, -0.05) is 48.9 Å². The molecule has 180 valence electrons. The normalized spacial score (nSPS) is 10.9. The summed E-state index contributed by atoms with van der Waals surface area (Å²) in [5.41, 5.74) is 4.53. The molecule has 4 aromatic rings. The minimum Gasteiger partial charge on any atom is -0.352 e. The summed E-state index contributed by atoms with van der Waals surface area (Å²) in [6, 6.07) is 15.4. The maximum Gasteiger partial charge on any atom is 0.262 e. The summed E-state index contributed by atoms with van der Waals surface area (Å²) < 4.78 is 1.50. The van der Waals surface area contributed by atoms with Crippen LogP contribution >= 0.6 is 11.3 Å². The number of hydrogen-bond acceptors (Lipinski definition) is 5. The maximum absolute atomic E-state index is 13.2. The molecule has 0 saturated carbocycles. The van der Waals surface area contributed by atoms with Gasteiger partial charge in [0.1, 0.15) is 4.83 Å². The summed E-state index contributed by atoms with van der Waals surface area (Å²) >= 11 is 1.45. The van der Waals surface area contributed by atoms with E-state index in [1.54, 1.807) is 0 Å². The zero-order valence-corrected chi connectivity index (χ0v) is 20.7. The number of aryl methyl sites for hydroxylation is 2. The Labute approximate surface area is 207 Å². The Hall–Kier alpha value is -3.78. The Balaban J connectivity index is 1.36. The molecule has 2 amide bonds. The lowest BCUT2D eigenvalue weighted by Gasteiger charge is -2.09. The molecule has 0 bridgehead atoms. The Kier molecular flexibility index (Phi) is 7.72. The fraction of sp³-hybridized carbons (Fsp3) is 0.259. The zero-order valence-electron chi connectivity index (χ0n) is 19.8. The van der Waals surface area contributed by atoms with Crippen molar-refractivity contribution in [3.63, 3.8) is 0 Å². The van der Waals surface area contributed by atoms with Crippen LogP contribution in [0.25, 0.3) is 21.3 Å². The highest BCUT2D eigenvalue weighted by Crippen LogP contribution is 2.30. The molecule has 2 aromatic heterocycles. The predicted octanol–water partition coefficient (Wildman–Crippen LogP) is 4.88. The van der Waals surface area contributed by atoms with Gasteiger partial charge in [0, 0.05) is 42.6 Å². The molecule has 0 aliphatic heterocycles. The van der Waals surface area contributed by atoms with Crippen molar-refractivity contribution in [1.82, 2.24) is 14.9 Å². The quantitative estimate of drug-likeness (QED) is 0.351. The largest absolute Gasteiger partial charge is 0.352 e. The van der Waals surface area contributed by atoms with Gasteiger partial charge in [-0.2, -0.15) is 0 Å². The van der Waals surface area contributed by atoms with Crippen LogP contribution in [0.15, 0.2) is 65.0 Å². The van der Waals surface area contributed by atoms with Crippen molar-refractivity contribution in [2.75, 3.05) is 5.32 Å². The first-order valence-electron chi connectivity index (χ1n) is 11.6. The van der Waals surface area contributed by atoms with Crippen molar-refractivity contribution < 1.29 is 9.59 Å². The smallest absolute Gasteiger partial charge is 0.262 e. The van der Waals surface area contributed by atoms with Crippen LogP contribution in [0, 0.1) is 6.92 Å². The highest BCUT2D eigenvalue weighted by Gasteiger charge is 2.14. The molecule has 0 atom stereocenters. The van der Waals surface area contributed by atoms with Crippen LogP contribution in [0.5, 0.6) is 0 Å². The van der Waals surface area contributed by atoms with Crippen molar-refractivity contribution >= 4 is 39.1 Å². The van der Waals surface area contributed by atoms with Gasteiger partial charge in [-0.05, 0) is 36.6 Å². The van der Waals surface area contributed by atoms with Crippen molar-refractivity contribution in [3.8, 4) is 11.1 Å². The van der Waals surface area contributed by atoms with Crippen LogP contribution in [-0.4, -0.2) is 21.4 Å². The highest BCUT2D eigenvalue weighted by atomic mass is 32.1. The third kappa shape index (κ3) is 6.02. The van der Waals surface area contributed by atoms with E-state index in [9.17, 15) is 14.4 Å². The molecule has 2 aromatic carbocycles. The summed E-state index contributed by atoms with van der Waals surface area (Å²) in [5.74, 6) is -0.161. The number of nitrogens with zero attached hydrogens (tertiary/aromatic N) is 2. The van der Waals surface area contributed by atoms with Gasteiger partial charge in [0.2, 0.25) is 11.8 Å². The second-order valence-electron chi connectivity index (χ2n) is 8.46. The fourth-order valence-corrected chi connectivity index (χ4v) is 4.65. The second kappa shape index (κ2) is 11.1. The van der Waals surface area contributed by atoms with E-state index in [-0.39, 0.29) is 30.3 Å². The molecule has 0 radical (unpaired) electrons. The van der Waals surface area contributed by atoms with Crippen LogP contribution in [0.2, 0.25) is 0 Å². The van der Waals surface area contributed by atoms with E-state index >= 15 is 0 Å². The topological polar surface area (TPSA) is 93.1 Å². The Morgan fingerprint density at radius 2 is 1.74 bits per heavy atom. The van der Waals surface area contributed by atoms with Crippen LogP contribution in [0.1, 0.15) is 37.3 Å². The van der Waals surface area contributed by atoms with Crippen molar-refractivity contribution in [3.05, 3.63) is 81.7 Å². The van der Waals surface area contributed by atoms with E-state index in [2.05, 4.69) is 15.6 Å². The third-order valence-electron chi connectivity index (χ3n) is 5.71. The van der Waals surface area contributed by atoms with Gasteiger partial charge in [-0.15, -0.1) is 11.3 Å². The summed E-state index contributed by atoms with van der Waals surface area (Å²) in [6.45, 7) is 4.61. The molecule has 8 heteroatoms. The van der Waals surface area contributed by atoms with E-state index in [0.717, 1.165) is 34.4 Å². The van der Waals surface area contributed by atoms with Crippen LogP contribution in [0.3, 0.4) is 0 Å². The lowest BCUT2D eigenvalue weighted by Crippen LogP contribution is -2.27. The number of carbonyl (C=O) groups excluding carboxylic acids is 2. The first-order valence-corrected chi connectivity index (χ1v) is 12.5. The number of fused-ring (bicyclic) bond motifs is 1. The number of thiophene rings is 1. The molecule has 7 nitrogen and oxygen atoms in total. The van der Waals surface area contributed by atoms with E-state index in [1.807, 2.05) is 67.8 Å². The Morgan fingerprint density at radius 3 is 2.46 bits per heavy atom. The molecule has 2 heterocycles. The van der Waals surface area contributed by atoms with E-state index in [1.165, 1.54) is 22.2 Å². The van der Waals surface area contributed by atoms with Gasteiger partial charge in [-0.25, -0.2) is 4.98 Å². The van der Waals surface area contributed by atoms with Gasteiger partial charge >= 0.3 is 0 Å². The lowest BCUT2D eigenvalue weighted by molar-refractivity contribution is -0.121. The molecule has 4 rings (SSSR count). The molecule has 35 heavy (non-hydrogen) atoms. The minimum atomic E-state index is -0.151. The summed E-state index contributed by atoms with van der Waals surface area (Å²) in [6.07, 6.45) is 2.97. The summed E-state index contributed by atoms with van der Waals surface area (Å²) in [7, 11) is 0.